The number of anilines is 1. The highest BCUT2D eigenvalue weighted by atomic mass is 79.9. The molecule has 4 heteroatoms. The number of likely N-dealkylation sites (N-methyl/N-ethyl adjacent to an activating group) is 1. The average molecular weight is 260 g/mol. The third-order valence-corrected chi connectivity index (χ3v) is 2.68. The second-order valence-corrected chi connectivity index (χ2v) is 4.03. The molecule has 0 heterocycles. The molecule has 0 aliphatic heterocycles. The van der Waals surface area contributed by atoms with Gasteiger partial charge in [0, 0.05) is 17.2 Å². The number of hydrogen-bond donors (Lipinski definition) is 2. The van der Waals surface area contributed by atoms with Gasteiger partial charge in [0.2, 0.25) is 0 Å². The molecule has 0 fully saturated rings. The first-order valence-corrected chi connectivity index (χ1v) is 5.18. The van der Waals surface area contributed by atoms with Gasteiger partial charge in [-0.05, 0) is 18.2 Å². The maximum Gasteiger partial charge on any atom is 0.0748 e. The monoisotopic (exact) mass is 259 g/mol. The van der Waals surface area contributed by atoms with E-state index in [0.29, 0.717) is 0 Å². The minimum Gasteiger partial charge on any atom is -0.394 e. The number of nitrogens with zero attached hydrogens (tertiary/aromatic N) is 1. The second kappa shape index (κ2) is 5.34. The summed E-state index contributed by atoms with van der Waals surface area (Å²) in [5.74, 6) is 0. The van der Waals surface area contributed by atoms with Crippen molar-refractivity contribution in [3.05, 3.63) is 28.7 Å². The molecule has 0 spiro atoms. The van der Waals surface area contributed by atoms with Crippen LogP contribution in [0.2, 0.25) is 0 Å². The van der Waals surface area contributed by atoms with Crippen LogP contribution >= 0.6 is 15.9 Å². The summed E-state index contributed by atoms with van der Waals surface area (Å²) in [5, 5.41) is 18.0. The fourth-order valence-corrected chi connectivity index (χ4v) is 1.60. The van der Waals surface area contributed by atoms with Crippen LogP contribution in [-0.2, 0) is 0 Å². The van der Waals surface area contributed by atoms with Crippen LogP contribution < -0.4 is 4.90 Å². The lowest BCUT2D eigenvalue weighted by molar-refractivity contribution is 0.191. The Labute approximate surface area is 92.1 Å². The van der Waals surface area contributed by atoms with Crippen molar-refractivity contribution in [3.8, 4) is 0 Å². The van der Waals surface area contributed by atoms with Gasteiger partial charge in [0.1, 0.15) is 0 Å². The van der Waals surface area contributed by atoms with E-state index in [4.69, 9.17) is 10.2 Å². The number of halogens is 1. The molecule has 2 N–H and O–H groups in total. The minimum atomic E-state index is -0.246. The van der Waals surface area contributed by atoms with E-state index in [9.17, 15) is 0 Å². The van der Waals surface area contributed by atoms with E-state index in [0.717, 1.165) is 10.2 Å². The van der Waals surface area contributed by atoms with Crippen molar-refractivity contribution in [1.82, 2.24) is 0 Å². The standard InChI is InChI=1S/C10H14BrNO2/c1-12(10(6-13)7-14)9-4-2-3-8(11)5-9/h2-5,10,13-14H,6-7H2,1H3. The first kappa shape index (κ1) is 11.5. The summed E-state index contributed by atoms with van der Waals surface area (Å²) in [6.07, 6.45) is 0. The summed E-state index contributed by atoms with van der Waals surface area (Å²) < 4.78 is 0.983. The third kappa shape index (κ3) is 2.70. The highest BCUT2D eigenvalue weighted by Crippen LogP contribution is 2.20. The molecule has 0 saturated heterocycles. The van der Waals surface area contributed by atoms with Crippen molar-refractivity contribution >= 4 is 21.6 Å². The lowest BCUT2D eigenvalue weighted by Gasteiger charge is -2.27. The average Bonchev–Trinajstić information content (AvgIpc) is 2.19. The van der Waals surface area contributed by atoms with E-state index in [1.54, 1.807) is 0 Å². The number of aliphatic hydroxyl groups is 2. The van der Waals surface area contributed by atoms with Crippen LogP contribution in [0.15, 0.2) is 28.7 Å². The Kier molecular flexibility index (Phi) is 4.38. The Hall–Kier alpha value is -0.580. The zero-order chi connectivity index (χ0) is 10.6. The molecular formula is C10H14BrNO2. The summed E-state index contributed by atoms with van der Waals surface area (Å²) in [7, 11) is 1.85. The molecule has 1 rings (SSSR count). The molecule has 1 aromatic rings. The van der Waals surface area contributed by atoms with Gasteiger partial charge in [-0.3, -0.25) is 0 Å². The van der Waals surface area contributed by atoms with Crippen molar-refractivity contribution in [2.24, 2.45) is 0 Å². The van der Waals surface area contributed by atoms with Crippen LogP contribution in [-0.4, -0.2) is 36.5 Å². The summed E-state index contributed by atoms with van der Waals surface area (Å²) in [6.45, 7) is -0.112. The second-order valence-electron chi connectivity index (χ2n) is 3.11. The lowest BCUT2D eigenvalue weighted by atomic mass is 10.2. The molecule has 0 radical (unpaired) electrons. The van der Waals surface area contributed by atoms with Crippen molar-refractivity contribution in [2.45, 2.75) is 6.04 Å². The molecule has 0 unspecified atom stereocenters. The number of rotatable bonds is 4. The van der Waals surface area contributed by atoms with Crippen molar-refractivity contribution in [3.63, 3.8) is 0 Å². The lowest BCUT2D eigenvalue weighted by Crippen LogP contribution is -2.37. The van der Waals surface area contributed by atoms with Gasteiger partial charge in [0.05, 0.1) is 19.3 Å². The maximum absolute atomic E-state index is 9.01. The molecule has 0 bridgehead atoms. The predicted molar refractivity (Wildman–Crippen MR) is 60.5 cm³/mol. The molecule has 78 valence electrons. The van der Waals surface area contributed by atoms with Crippen LogP contribution in [0.3, 0.4) is 0 Å². The van der Waals surface area contributed by atoms with Crippen LogP contribution in [0, 0.1) is 0 Å². The Morgan fingerprint density at radius 1 is 1.36 bits per heavy atom. The van der Waals surface area contributed by atoms with E-state index in [1.165, 1.54) is 0 Å². The van der Waals surface area contributed by atoms with Gasteiger partial charge in [-0.25, -0.2) is 0 Å². The van der Waals surface area contributed by atoms with Gasteiger partial charge in [0.15, 0.2) is 0 Å². The van der Waals surface area contributed by atoms with Gasteiger partial charge in [0.25, 0.3) is 0 Å². The normalized spacial score (nSPS) is 10.6. The quantitative estimate of drug-likeness (QED) is 0.856. The topological polar surface area (TPSA) is 43.7 Å². The van der Waals surface area contributed by atoms with Crippen molar-refractivity contribution in [2.75, 3.05) is 25.2 Å². The van der Waals surface area contributed by atoms with Crippen molar-refractivity contribution < 1.29 is 10.2 Å². The molecule has 0 atom stereocenters. The first-order chi connectivity index (χ1) is 6.69. The SMILES string of the molecule is CN(c1cccc(Br)c1)C(CO)CO. The Balaban J connectivity index is 2.82. The van der Waals surface area contributed by atoms with E-state index < -0.39 is 0 Å². The highest BCUT2D eigenvalue weighted by Gasteiger charge is 2.12. The van der Waals surface area contributed by atoms with Crippen LogP contribution in [0.4, 0.5) is 5.69 Å². The molecule has 0 amide bonds. The van der Waals surface area contributed by atoms with Gasteiger partial charge in [-0.2, -0.15) is 0 Å². The van der Waals surface area contributed by atoms with E-state index in [1.807, 2.05) is 36.2 Å². The minimum absolute atomic E-state index is 0.0560. The zero-order valence-electron chi connectivity index (χ0n) is 8.02. The largest absolute Gasteiger partial charge is 0.394 e. The number of aliphatic hydroxyl groups excluding tert-OH is 2. The van der Waals surface area contributed by atoms with Crippen LogP contribution in [0.1, 0.15) is 0 Å². The Bertz CT molecular complexity index is 289. The molecular weight excluding hydrogens is 246 g/mol. The van der Waals surface area contributed by atoms with Gasteiger partial charge in [-0.1, -0.05) is 22.0 Å². The summed E-state index contributed by atoms with van der Waals surface area (Å²) in [6, 6.07) is 7.48. The summed E-state index contributed by atoms with van der Waals surface area (Å²) >= 11 is 3.37. The highest BCUT2D eigenvalue weighted by molar-refractivity contribution is 9.10. The van der Waals surface area contributed by atoms with E-state index in [2.05, 4.69) is 15.9 Å². The Morgan fingerprint density at radius 3 is 2.50 bits per heavy atom. The van der Waals surface area contributed by atoms with Gasteiger partial charge in [-0.15, -0.1) is 0 Å². The fourth-order valence-electron chi connectivity index (χ4n) is 1.21. The molecule has 0 aliphatic rings. The summed E-state index contributed by atoms with van der Waals surface area (Å²) in [5.41, 5.74) is 0.965. The zero-order valence-corrected chi connectivity index (χ0v) is 9.61. The fraction of sp³-hybridized carbons (Fsp3) is 0.400. The molecule has 0 aliphatic carbocycles. The predicted octanol–water partition coefficient (Wildman–Crippen LogP) is 1.24. The maximum atomic E-state index is 9.01. The van der Waals surface area contributed by atoms with Crippen LogP contribution in [0.5, 0.6) is 0 Å². The smallest absolute Gasteiger partial charge is 0.0748 e. The van der Waals surface area contributed by atoms with E-state index >= 15 is 0 Å². The molecule has 14 heavy (non-hydrogen) atoms. The molecule has 3 nitrogen and oxygen atoms in total. The van der Waals surface area contributed by atoms with Crippen molar-refractivity contribution in [1.29, 1.82) is 0 Å². The molecule has 0 aromatic heterocycles. The van der Waals surface area contributed by atoms with Gasteiger partial charge < -0.3 is 15.1 Å². The van der Waals surface area contributed by atoms with E-state index in [-0.39, 0.29) is 19.3 Å². The third-order valence-electron chi connectivity index (χ3n) is 2.18. The van der Waals surface area contributed by atoms with Crippen LogP contribution in [0.25, 0.3) is 0 Å². The first-order valence-electron chi connectivity index (χ1n) is 4.39. The number of benzene rings is 1. The molecule has 1 aromatic carbocycles. The molecule has 0 saturated carbocycles. The summed E-state index contributed by atoms with van der Waals surface area (Å²) in [4.78, 5) is 1.85. The number of hydrogen-bond acceptors (Lipinski definition) is 3. The Morgan fingerprint density at radius 2 is 2.00 bits per heavy atom. The van der Waals surface area contributed by atoms with Gasteiger partial charge >= 0.3 is 0 Å².